The van der Waals surface area contributed by atoms with E-state index in [1.807, 2.05) is 0 Å². The van der Waals surface area contributed by atoms with Gasteiger partial charge in [0.05, 0.1) is 29.2 Å². The summed E-state index contributed by atoms with van der Waals surface area (Å²) in [6.45, 7) is 0. The summed E-state index contributed by atoms with van der Waals surface area (Å²) in [7, 11) is 0. The Hall–Kier alpha value is -3.57. The quantitative estimate of drug-likeness (QED) is 0.513. The average Bonchev–Trinajstić information content (AvgIpc) is 3.29. The van der Waals surface area contributed by atoms with Crippen LogP contribution in [0.4, 0.5) is 26.3 Å². The second kappa shape index (κ2) is 7.11. The Bertz CT molecular complexity index is 1030. The van der Waals surface area contributed by atoms with Gasteiger partial charge in [-0.25, -0.2) is 9.67 Å². The average molecular weight is 416 g/mol. The van der Waals surface area contributed by atoms with Crippen molar-refractivity contribution in [2.45, 2.75) is 12.4 Å². The minimum atomic E-state index is -5.00. The summed E-state index contributed by atoms with van der Waals surface area (Å²) in [6.07, 6.45) is -5.39. The molecule has 2 N–H and O–H groups in total. The Morgan fingerprint density at radius 1 is 1.07 bits per heavy atom. The smallest absolute Gasteiger partial charge is 0.416 e. The van der Waals surface area contributed by atoms with Crippen LogP contribution in [0.2, 0.25) is 0 Å². The molecule has 2 heterocycles. The number of hydrogen-bond acceptors (Lipinski definition) is 4. The van der Waals surface area contributed by atoms with E-state index >= 15 is 0 Å². The van der Waals surface area contributed by atoms with Crippen molar-refractivity contribution in [1.29, 1.82) is 0 Å². The highest BCUT2D eigenvalue weighted by Crippen LogP contribution is 2.38. The van der Waals surface area contributed by atoms with Crippen LogP contribution in [0.15, 0.2) is 47.5 Å². The maximum atomic E-state index is 13.0. The maximum absolute atomic E-state index is 13.0. The largest absolute Gasteiger partial charge is 0.472 e. The number of primary amides is 1. The molecule has 29 heavy (non-hydrogen) atoms. The predicted octanol–water partition coefficient (Wildman–Crippen LogP) is 4.06. The van der Waals surface area contributed by atoms with Crippen molar-refractivity contribution >= 4 is 17.7 Å². The van der Waals surface area contributed by atoms with Gasteiger partial charge in [0.2, 0.25) is 0 Å². The van der Waals surface area contributed by atoms with Crippen LogP contribution >= 0.6 is 0 Å². The number of rotatable bonds is 4. The van der Waals surface area contributed by atoms with Crippen LogP contribution in [0.3, 0.4) is 0 Å². The molecule has 6 nitrogen and oxygen atoms in total. The van der Waals surface area contributed by atoms with Crippen LogP contribution < -0.4 is 5.73 Å². The predicted molar refractivity (Wildman–Crippen MR) is 87.5 cm³/mol. The van der Waals surface area contributed by atoms with Crippen LogP contribution in [0, 0.1) is 0 Å². The van der Waals surface area contributed by atoms with E-state index in [0.29, 0.717) is 17.7 Å². The van der Waals surface area contributed by atoms with Gasteiger partial charge in [-0.1, -0.05) is 0 Å². The van der Waals surface area contributed by atoms with Crippen LogP contribution in [0.1, 0.15) is 16.7 Å². The first kappa shape index (κ1) is 20.2. The van der Waals surface area contributed by atoms with Crippen molar-refractivity contribution in [1.82, 2.24) is 14.8 Å². The number of halogens is 6. The lowest BCUT2D eigenvalue weighted by atomic mass is 10.0. The summed E-state index contributed by atoms with van der Waals surface area (Å²) in [5.74, 6) is -1.27. The van der Waals surface area contributed by atoms with Gasteiger partial charge in [0.15, 0.2) is 5.82 Å². The molecule has 2 aromatic heterocycles. The third-order valence-electron chi connectivity index (χ3n) is 3.71. The van der Waals surface area contributed by atoms with Gasteiger partial charge >= 0.3 is 12.4 Å². The van der Waals surface area contributed by atoms with E-state index in [2.05, 4.69) is 10.1 Å². The number of hydrogen-bond donors (Lipinski definition) is 1. The number of alkyl halides is 6. The zero-order valence-electron chi connectivity index (χ0n) is 14.1. The lowest BCUT2D eigenvalue weighted by molar-refractivity contribution is -0.143. The van der Waals surface area contributed by atoms with Crippen LogP contribution in [-0.2, 0) is 17.1 Å². The Labute approximate surface area is 158 Å². The molecule has 0 fully saturated rings. The molecule has 0 radical (unpaired) electrons. The lowest BCUT2D eigenvalue weighted by Gasteiger charge is -2.13. The summed E-state index contributed by atoms with van der Waals surface area (Å²) in [6, 6.07) is 2.44. The molecule has 0 saturated heterocycles. The molecular weight excluding hydrogens is 406 g/mol. The first-order valence-corrected chi connectivity index (χ1v) is 7.70. The van der Waals surface area contributed by atoms with E-state index in [1.54, 1.807) is 0 Å². The van der Waals surface area contributed by atoms with Gasteiger partial charge in [-0.2, -0.15) is 26.3 Å². The van der Waals surface area contributed by atoms with Crippen molar-refractivity contribution in [2.75, 3.05) is 0 Å². The molecule has 0 atom stereocenters. The molecule has 12 heteroatoms. The maximum Gasteiger partial charge on any atom is 0.416 e. The lowest BCUT2D eigenvalue weighted by Crippen LogP contribution is -2.13. The van der Waals surface area contributed by atoms with Crippen molar-refractivity contribution in [3.8, 4) is 11.4 Å². The van der Waals surface area contributed by atoms with Crippen LogP contribution in [0.25, 0.3) is 23.2 Å². The third-order valence-corrected chi connectivity index (χ3v) is 3.71. The van der Waals surface area contributed by atoms with Gasteiger partial charge in [0.25, 0.3) is 5.91 Å². The molecule has 1 aromatic carbocycles. The Morgan fingerprint density at radius 2 is 1.69 bits per heavy atom. The molecule has 152 valence electrons. The second-order valence-corrected chi connectivity index (χ2v) is 5.76. The van der Waals surface area contributed by atoms with Gasteiger partial charge in [-0.05, 0) is 24.3 Å². The molecule has 0 bridgehead atoms. The Kier molecular flexibility index (Phi) is 4.95. The Balaban J connectivity index is 2.06. The van der Waals surface area contributed by atoms with Gasteiger partial charge in [-0.15, -0.1) is 5.10 Å². The summed E-state index contributed by atoms with van der Waals surface area (Å²) < 4.78 is 83.7. The van der Waals surface area contributed by atoms with E-state index in [1.165, 1.54) is 18.6 Å². The first-order valence-electron chi connectivity index (χ1n) is 7.70. The molecule has 0 aliphatic heterocycles. The number of nitrogens with zero attached hydrogens (tertiary/aromatic N) is 3. The fourth-order valence-corrected chi connectivity index (χ4v) is 2.38. The summed E-state index contributed by atoms with van der Waals surface area (Å²) in [5, 5.41) is 3.81. The van der Waals surface area contributed by atoms with E-state index in [-0.39, 0.29) is 11.6 Å². The summed E-state index contributed by atoms with van der Waals surface area (Å²) >= 11 is 0. The van der Waals surface area contributed by atoms with Crippen molar-refractivity contribution in [3.05, 3.63) is 59.8 Å². The minimum absolute atomic E-state index is 0.00446. The number of carbonyl (C=O) groups is 1. The fourth-order valence-electron chi connectivity index (χ4n) is 2.38. The zero-order valence-corrected chi connectivity index (χ0v) is 14.1. The monoisotopic (exact) mass is 416 g/mol. The van der Waals surface area contributed by atoms with Crippen molar-refractivity contribution < 1.29 is 35.6 Å². The number of carbonyl (C=O) groups excluding carboxylic acids is 1. The van der Waals surface area contributed by atoms with Crippen LogP contribution in [-0.4, -0.2) is 20.7 Å². The molecular formula is C17H10F6N4O2. The normalized spacial score (nSPS) is 13.0. The highest BCUT2D eigenvalue weighted by atomic mass is 19.4. The number of aromatic nitrogens is 3. The standard InChI is InChI=1S/C17H10F6N4O2/c18-16(19,20)11-3-10(4-12(5-11)17(21,22)23)15-25-8-27(26-15)6-13(14(24)28)9-1-2-29-7-9/h1-8H,(H2,24,28). The molecule has 0 spiro atoms. The molecule has 0 unspecified atom stereocenters. The zero-order chi connectivity index (χ0) is 21.4. The topological polar surface area (TPSA) is 86.9 Å². The van der Waals surface area contributed by atoms with Crippen molar-refractivity contribution in [2.24, 2.45) is 5.73 Å². The van der Waals surface area contributed by atoms with Gasteiger partial charge in [-0.3, -0.25) is 4.79 Å². The van der Waals surface area contributed by atoms with Gasteiger partial charge < -0.3 is 10.2 Å². The van der Waals surface area contributed by atoms with Crippen molar-refractivity contribution in [3.63, 3.8) is 0 Å². The first-order chi connectivity index (χ1) is 13.4. The highest BCUT2D eigenvalue weighted by Gasteiger charge is 2.37. The molecule has 0 aliphatic carbocycles. The van der Waals surface area contributed by atoms with E-state index in [9.17, 15) is 31.1 Å². The number of furan rings is 1. The molecule has 0 aliphatic rings. The molecule has 0 saturated carbocycles. The molecule has 3 rings (SSSR count). The fraction of sp³-hybridized carbons (Fsp3) is 0.118. The number of benzene rings is 1. The minimum Gasteiger partial charge on any atom is -0.472 e. The van der Waals surface area contributed by atoms with E-state index in [4.69, 9.17) is 10.2 Å². The van der Waals surface area contributed by atoms with Gasteiger partial charge in [0, 0.05) is 17.3 Å². The Morgan fingerprint density at radius 3 is 2.17 bits per heavy atom. The second-order valence-electron chi connectivity index (χ2n) is 5.76. The van der Waals surface area contributed by atoms with E-state index < -0.39 is 40.8 Å². The summed E-state index contributed by atoms with van der Waals surface area (Å²) in [4.78, 5) is 15.3. The highest BCUT2D eigenvalue weighted by molar-refractivity contribution is 6.22. The number of amides is 1. The van der Waals surface area contributed by atoms with E-state index in [0.717, 1.165) is 17.2 Å². The van der Waals surface area contributed by atoms with Crippen LogP contribution in [0.5, 0.6) is 0 Å². The molecule has 3 aromatic rings. The SMILES string of the molecule is NC(=O)C(=Cn1cnc(-c2cc(C(F)(F)F)cc(C(F)(F)F)c2)n1)c1ccoc1. The summed E-state index contributed by atoms with van der Waals surface area (Å²) in [5.41, 5.74) is 2.02. The third kappa shape index (κ3) is 4.47. The molecule has 1 amide bonds. The van der Waals surface area contributed by atoms with Gasteiger partial charge in [0.1, 0.15) is 6.33 Å². The number of nitrogens with two attached hydrogens (primary N) is 1.